The molecule has 0 saturated carbocycles. The minimum absolute atomic E-state index is 0.0364. The number of nitriles is 1. The third-order valence-corrected chi connectivity index (χ3v) is 6.09. The summed E-state index contributed by atoms with van der Waals surface area (Å²) < 4.78 is 29.7. The number of nitrogens with zero attached hydrogens (tertiary/aromatic N) is 4. The first-order valence-corrected chi connectivity index (χ1v) is 10.7. The number of carboxylic acid groups (broad SMARTS) is 1. The van der Waals surface area contributed by atoms with Crippen LogP contribution in [0.3, 0.4) is 0 Å². The predicted molar refractivity (Wildman–Crippen MR) is 123 cm³/mol. The van der Waals surface area contributed by atoms with E-state index in [1.807, 2.05) is 6.07 Å². The van der Waals surface area contributed by atoms with Crippen molar-refractivity contribution < 1.29 is 18.7 Å². The topological polar surface area (TPSA) is 111 Å². The molecule has 176 valence electrons. The summed E-state index contributed by atoms with van der Waals surface area (Å²) in [6.45, 7) is 4.30. The molecular formula is C24H23F2N5O3. The van der Waals surface area contributed by atoms with E-state index < -0.39 is 36.0 Å². The molecule has 1 aliphatic rings. The first-order chi connectivity index (χ1) is 16.0. The lowest BCUT2D eigenvalue weighted by Crippen LogP contribution is -2.31. The monoisotopic (exact) mass is 467 g/mol. The summed E-state index contributed by atoms with van der Waals surface area (Å²) in [7, 11) is 0. The molecule has 0 radical (unpaired) electrons. The second-order valence-corrected chi connectivity index (χ2v) is 8.65. The van der Waals surface area contributed by atoms with Gasteiger partial charge in [0.25, 0.3) is 11.5 Å². The fourth-order valence-electron chi connectivity index (χ4n) is 4.25. The van der Waals surface area contributed by atoms with Gasteiger partial charge >= 0.3 is 5.97 Å². The number of aryl methyl sites for hydroxylation is 1. The van der Waals surface area contributed by atoms with Crippen molar-refractivity contribution in [1.82, 2.24) is 9.38 Å². The summed E-state index contributed by atoms with van der Waals surface area (Å²) in [6, 6.07) is 9.55. The Morgan fingerprint density at radius 2 is 2.09 bits per heavy atom. The van der Waals surface area contributed by atoms with Gasteiger partial charge in [-0.1, -0.05) is 19.1 Å². The molecule has 2 unspecified atom stereocenters. The minimum atomic E-state index is -2.97. The molecule has 3 aromatic rings. The zero-order valence-corrected chi connectivity index (χ0v) is 18.8. The molecule has 0 bridgehead atoms. The molecule has 10 heteroatoms. The highest BCUT2D eigenvalue weighted by Gasteiger charge is 2.46. The number of aromatic nitrogens is 2. The van der Waals surface area contributed by atoms with E-state index in [-0.39, 0.29) is 29.1 Å². The average molecular weight is 467 g/mol. The maximum absolute atomic E-state index is 14.2. The Bertz CT molecular complexity index is 1400. The van der Waals surface area contributed by atoms with Crippen molar-refractivity contribution in [2.75, 3.05) is 23.3 Å². The highest BCUT2D eigenvalue weighted by atomic mass is 19.3. The Labute approximate surface area is 194 Å². The van der Waals surface area contributed by atoms with Crippen LogP contribution in [0, 0.1) is 24.2 Å². The van der Waals surface area contributed by atoms with E-state index in [0.29, 0.717) is 16.8 Å². The number of nitrogens with one attached hydrogen (secondary N) is 1. The Balaban J connectivity index is 1.87. The van der Waals surface area contributed by atoms with Gasteiger partial charge in [0, 0.05) is 29.9 Å². The number of carboxylic acids is 1. The molecule has 3 heterocycles. The minimum Gasteiger partial charge on any atom is -0.478 e. The maximum Gasteiger partial charge on any atom is 0.337 e. The quantitative estimate of drug-likeness (QED) is 0.587. The van der Waals surface area contributed by atoms with Crippen molar-refractivity contribution in [3.05, 3.63) is 69.1 Å². The van der Waals surface area contributed by atoms with Gasteiger partial charge in [0.15, 0.2) is 11.4 Å². The van der Waals surface area contributed by atoms with Gasteiger partial charge in [-0.05, 0) is 37.6 Å². The molecule has 2 N–H and O–H groups in total. The number of pyridine rings is 1. The van der Waals surface area contributed by atoms with Gasteiger partial charge in [-0.15, -0.1) is 0 Å². The Morgan fingerprint density at radius 3 is 2.71 bits per heavy atom. The predicted octanol–water partition coefficient (Wildman–Crippen LogP) is 3.84. The molecule has 1 aliphatic heterocycles. The third kappa shape index (κ3) is 3.94. The molecular weight excluding hydrogens is 444 g/mol. The highest BCUT2D eigenvalue weighted by molar-refractivity contribution is 5.94. The summed E-state index contributed by atoms with van der Waals surface area (Å²) in [4.78, 5) is 30.6. The van der Waals surface area contributed by atoms with E-state index in [0.717, 1.165) is 0 Å². The van der Waals surface area contributed by atoms with Crippen LogP contribution in [0.5, 0.6) is 0 Å². The number of rotatable bonds is 5. The first-order valence-electron chi connectivity index (χ1n) is 10.7. The van der Waals surface area contributed by atoms with Crippen LogP contribution in [0.4, 0.5) is 20.3 Å². The summed E-state index contributed by atoms with van der Waals surface area (Å²) in [5.74, 6) is -5.08. The summed E-state index contributed by atoms with van der Waals surface area (Å²) in [5.41, 5.74) is 1.000. The van der Waals surface area contributed by atoms with E-state index in [9.17, 15) is 28.7 Å². The van der Waals surface area contributed by atoms with Crippen LogP contribution in [0.25, 0.3) is 5.65 Å². The molecule has 34 heavy (non-hydrogen) atoms. The maximum atomic E-state index is 14.2. The number of anilines is 2. The Morgan fingerprint density at radius 1 is 1.38 bits per heavy atom. The summed E-state index contributed by atoms with van der Waals surface area (Å²) in [6.07, 6.45) is 1.54. The van der Waals surface area contributed by atoms with Crippen molar-refractivity contribution in [1.29, 1.82) is 5.26 Å². The van der Waals surface area contributed by atoms with Crippen LogP contribution in [-0.4, -0.2) is 39.5 Å². The van der Waals surface area contributed by atoms with Crippen LogP contribution in [-0.2, 0) is 0 Å². The molecule has 4 rings (SSSR count). The van der Waals surface area contributed by atoms with E-state index in [2.05, 4.69) is 10.3 Å². The summed E-state index contributed by atoms with van der Waals surface area (Å²) >= 11 is 0. The van der Waals surface area contributed by atoms with Gasteiger partial charge in [0.05, 0.1) is 18.2 Å². The molecule has 1 saturated heterocycles. The smallest absolute Gasteiger partial charge is 0.337 e. The van der Waals surface area contributed by atoms with E-state index in [1.54, 1.807) is 38.1 Å². The SMILES string of the molecule is Cc1cc(C(C)Nc2ccccc2C(=O)O)c2nc(N3CC(C)C(F)(F)C3)c(C#N)c(=O)n2c1. The number of para-hydroxylation sites is 1. The lowest BCUT2D eigenvalue weighted by molar-refractivity contribution is -0.0138. The van der Waals surface area contributed by atoms with Crippen LogP contribution in [0.2, 0.25) is 0 Å². The van der Waals surface area contributed by atoms with Crippen molar-refractivity contribution in [3.8, 4) is 6.07 Å². The average Bonchev–Trinajstić information content (AvgIpc) is 3.05. The van der Waals surface area contributed by atoms with Crippen LogP contribution in [0.15, 0.2) is 41.3 Å². The third-order valence-electron chi connectivity index (χ3n) is 6.09. The van der Waals surface area contributed by atoms with E-state index in [1.165, 1.54) is 28.5 Å². The summed E-state index contributed by atoms with van der Waals surface area (Å²) in [5, 5.41) is 22.3. The fourth-order valence-corrected chi connectivity index (χ4v) is 4.25. The largest absolute Gasteiger partial charge is 0.478 e. The number of hydrogen-bond acceptors (Lipinski definition) is 6. The number of alkyl halides is 2. The molecule has 2 atom stereocenters. The van der Waals surface area contributed by atoms with Gasteiger partial charge in [0.1, 0.15) is 11.7 Å². The van der Waals surface area contributed by atoms with Crippen molar-refractivity contribution in [3.63, 3.8) is 0 Å². The van der Waals surface area contributed by atoms with E-state index >= 15 is 0 Å². The number of carbonyl (C=O) groups is 1. The molecule has 0 spiro atoms. The van der Waals surface area contributed by atoms with Gasteiger partial charge in [-0.25, -0.2) is 18.6 Å². The lowest BCUT2D eigenvalue weighted by Gasteiger charge is -2.22. The molecule has 0 aliphatic carbocycles. The van der Waals surface area contributed by atoms with Crippen molar-refractivity contribution >= 4 is 23.1 Å². The molecule has 2 aromatic heterocycles. The molecule has 8 nitrogen and oxygen atoms in total. The molecule has 1 aromatic carbocycles. The number of hydrogen-bond donors (Lipinski definition) is 2. The Kier molecular flexibility index (Phi) is 5.73. The second-order valence-electron chi connectivity index (χ2n) is 8.65. The number of halogens is 2. The molecule has 1 fully saturated rings. The number of aromatic carboxylic acids is 1. The van der Waals surface area contributed by atoms with Crippen LogP contribution >= 0.6 is 0 Å². The fraction of sp³-hybridized carbons (Fsp3) is 0.333. The second kappa shape index (κ2) is 8.41. The number of benzene rings is 1. The molecule has 0 amide bonds. The van der Waals surface area contributed by atoms with Crippen LogP contribution < -0.4 is 15.8 Å². The van der Waals surface area contributed by atoms with Gasteiger partial charge in [-0.2, -0.15) is 5.26 Å². The van der Waals surface area contributed by atoms with Crippen molar-refractivity contribution in [2.24, 2.45) is 5.92 Å². The number of fused-ring (bicyclic) bond motifs is 1. The zero-order chi connectivity index (χ0) is 24.8. The lowest BCUT2D eigenvalue weighted by atomic mass is 10.1. The van der Waals surface area contributed by atoms with Gasteiger partial charge in [0.2, 0.25) is 0 Å². The van der Waals surface area contributed by atoms with E-state index in [4.69, 9.17) is 0 Å². The standard InChI is InChI=1S/C24H23F2N5O3/c1-13-8-17(15(3)28-19-7-5-4-6-16(19)23(33)34)21-29-20(18(9-27)22(32)31(21)10-13)30-11-14(2)24(25,26)12-30/h4-8,10,14-15,28H,11-12H2,1-3H3,(H,33,34). The van der Waals surface area contributed by atoms with Crippen LogP contribution in [0.1, 0.15) is 46.9 Å². The van der Waals surface area contributed by atoms with Crippen molar-refractivity contribution in [2.45, 2.75) is 32.7 Å². The first kappa shape index (κ1) is 23.2. The normalized spacial score (nSPS) is 18.0. The van der Waals surface area contributed by atoms with Gasteiger partial charge < -0.3 is 15.3 Å². The Hall–Kier alpha value is -4.00. The zero-order valence-electron chi connectivity index (χ0n) is 18.8. The van der Waals surface area contributed by atoms with Gasteiger partial charge in [-0.3, -0.25) is 9.20 Å². The highest BCUT2D eigenvalue weighted by Crippen LogP contribution is 2.36.